The van der Waals surface area contributed by atoms with Gasteiger partial charge in [0.05, 0.1) is 19.8 Å². The molecule has 0 saturated heterocycles. The Bertz CT molecular complexity index is 774. The summed E-state index contributed by atoms with van der Waals surface area (Å²) in [6, 6.07) is 11.5. The van der Waals surface area contributed by atoms with Crippen molar-refractivity contribution in [3.8, 4) is 17.2 Å². The van der Waals surface area contributed by atoms with Crippen molar-refractivity contribution in [2.24, 2.45) is 0 Å². The Morgan fingerprint density at radius 1 is 0.704 bits per heavy atom. The van der Waals surface area contributed by atoms with E-state index in [4.69, 9.17) is 14.2 Å². The van der Waals surface area contributed by atoms with Gasteiger partial charge in [0.15, 0.2) is 11.5 Å². The van der Waals surface area contributed by atoms with Crippen LogP contribution in [-0.2, 0) is 0 Å². The van der Waals surface area contributed by atoms with Gasteiger partial charge in [0.25, 0.3) is 11.8 Å². The molecule has 0 radical (unpaired) electrons. The van der Waals surface area contributed by atoms with Gasteiger partial charge < -0.3 is 14.2 Å². The van der Waals surface area contributed by atoms with Crippen LogP contribution in [0.25, 0.3) is 0 Å². The second-order valence-corrected chi connectivity index (χ2v) is 5.39. The number of hydrogen-bond donors (Lipinski definition) is 2. The fourth-order valence-corrected chi connectivity index (χ4v) is 2.32. The first-order valence-electron chi connectivity index (χ1n) is 8.82. The molecule has 0 atom stereocenters. The van der Waals surface area contributed by atoms with E-state index in [9.17, 15) is 9.59 Å². The second-order valence-electron chi connectivity index (χ2n) is 5.39. The number of carbonyl (C=O) groups is 2. The summed E-state index contributed by atoms with van der Waals surface area (Å²) in [6.45, 7) is 7.08. The summed E-state index contributed by atoms with van der Waals surface area (Å²) in [5.74, 6) is 0.829. The number of hydrogen-bond acceptors (Lipinski definition) is 5. The number of benzene rings is 2. The molecule has 0 fully saturated rings. The number of carbonyl (C=O) groups excluding carboxylic acids is 2. The van der Waals surface area contributed by atoms with Crippen LogP contribution >= 0.6 is 0 Å². The molecular formula is C20H24N2O5. The highest BCUT2D eigenvalue weighted by Crippen LogP contribution is 2.28. The minimum Gasteiger partial charge on any atom is -0.494 e. The molecule has 0 spiro atoms. The zero-order valence-corrected chi connectivity index (χ0v) is 15.7. The van der Waals surface area contributed by atoms with E-state index in [1.165, 1.54) is 0 Å². The van der Waals surface area contributed by atoms with E-state index in [1.807, 2.05) is 20.8 Å². The van der Waals surface area contributed by atoms with Gasteiger partial charge in [-0.15, -0.1) is 0 Å². The maximum atomic E-state index is 12.3. The van der Waals surface area contributed by atoms with Gasteiger partial charge in [-0.25, -0.2) is 0 Å². The molecule has 2 aromatic carbocycles. The molecule has 144 valence electrons. The highest BCUT2D eigenvalue weighted by Gasteiger charge is 2.13. The van der Waals surface area contributed by atoms with Crippen LogP contribution in [0.5, 0.6) is 17.2 Å². The van der Waals surface area contributed by atoms with E-state index in [-0.39, 0.29) is 0 Å². The SMILES string of the molecule is CCOc1ccc(C(=O)NNC(=O)c2ccc(OCC)c(OCC)c2)cc1. The van der Waals surface area contributed by atoms with Gasteiger partial charge in [-0.2, -0.15) is 0 Å². The van der Waals surface area contributed by atoms with Crippen LogP contribution in [0.4, 0.5) is 0 Å². The van der Waals surface area contributed by atoms with Crippen LogP contribution in [0, 0.1) is 0 Å². The van der Waals surface area contributed by atoms with Gasteiger partial charge in [0.1, 0.15) is 5.75 Å². The zero-order valence-electron chi connectivity index (χ0n) is 15.7. The summed E-state index contributed by atoms with van der Waals surface area (Å²) in [7, 11) is 0. The van der Waals surface area contributed by atoms with Crippen molar-refractivity contribution < 1.29 is 23.8 Å². The second kappa shape index (κ2) is 10.1. The Morgan fingerprint density at radius 3 is 1.81 bits per heavy atom. The minimum absolute atomic E-state index is 0.342. The summed E-state index contributed by atoms with van der Waals surface area (Å²) in [5.41, 5.74) is 5.52. The highest BCUT2D eigenvalue weighted by molar-refractivity contribution is 5.99. The molecule has 0 unspecified atom stereocenters. The maximum absolute atomic E-state index is 12.3. The topological polar surface area (TPSA) is 85.9 Å². The van der Waals surface area contributed by atoms with Crippen molar-refractivity contribution in [3.63, 3.8) is 0 Å². The van der Waals surface area contributed by atoms with Gasteiger partial charge in [-0.3, -0.25) is 20.4 Å². The van der Waals surface area contributed by atoms with Crippen molar-refractivity contribution in [1.29, 1.82) is 0 Å². The van der Waals surface area contributed by atoms with Crippen LogP contribution in [0.2, 0.25) is 0 Å². The van der Waals surface area contributed by atoms with Crippen molar-refractivity contribution in [1.82, 2.24) is 10.9 Å². The predicted octanol–water partition coefficient (Wildman–Crippen LogP) is 2.96. The molecule has 2 aromatic rings. The molecule has 7 nitrogen and oxygen atoms in total. The molecule has 0 saturated carbocycles. The Kier molecular flexibility index (Phi) is 7.49. The van der Waals surface area contributed by atoms with Crippen molar-refractivity contribution in [2.45, 2.75) is 20.8 Å². The van der Waals surface area contributed by atoms with Crippen LogP contribution in [0.3, 0.4) is 0 Å². The fraction of sp³-hybridized carbons (Fsp3) is 0.300. The van der Waals surface area contributed by atoms with E-state index in [0.29, 0.717) is 48.2 Å². The third kappa shape index (κ3) is 5.64. The lowest BCUT2D eigenvalue weighted by atomic mass is 10.2. The zero-order chi connectivity index (χ0) is 19.6. The summed E-state index contributed by atoms with van der Waals surface area (Å²) >= 11 is 0. The molecule has 0 aromatic heterocycles. The number of amides is 2. The first-order valence-corrected chi connectivity index (χ1v) is 8.82. The molecule has 0 heterocycles. The Hall–Kier alpha value is -3.22. The molecule has 2 amide bonds. The summed E-state index contributed by atoms with van der Waals surface area (Å²) in [5, 5.41) is 0. The average molecular weight is 372 g/mol. The standard InChI is InChI=1S/C20H24N2O5/c1-4-25-16-10-7-14(8-11-16)19(23)21-22-20(24)15-9-12-17(26-5-2)18(13-15)27-6-3/h7-13H,4-6H2,1-3H3,(H,21,23)(H,22,24). The molecule has 27 heavy (non-hydrogen) atoms. The summed E-state index contributed by atoms with van der Waals surface area (Å²) < 4.78 is 16.3. The highest BCUT2D eigenvalue weighted by atomic mass is 16.5. The number of hydrazine groups is 1. The number of ether oxygens (including phenoxy) is 3. The van der Waals surface area contributed by atoms with E-state index >= 15 is 0 Å². The van der Waals surface area contributed by atoms with E-state index < -0.39 is 11.8 Å². The first kappa shape index (κ1) is 20.1. The van der Waals surface area contributed by atoms with Crippen LogP contribution in [0.15, 0.2) is 42.5 Å². The maximum Gasteiger partial charge on any atom is 0.269 e. The molecule has 7 heteroatoms. The monoisotopic (exact) mass is 372 g/mol. The van der Waals surface area contributed by atoms with Gasteiger partial charge in [0.2, 0.25) is 0 Å². The van der Waals surface area contributed by atoms with Crippen molar-refractivity contribution in [3.05, 3.63) is 53.6 Å². The van der Waals surface area contributed by atoms with Crippen molar-refractivity contribution in [2.75, 3.05) is 19.8 Å². The van der Waals surface area contributed by atoms with Gasteiger partial charge in [-0.05, 0) is 63.2 Å². The Labute approximate surface area is 158 Å². The quantitative estimate of drug-likeness (QED) is 0.696. The fourth-order valence-electron chi connectivity index (χ4n) is 2.32. The molecule has 2 N–H and O–H groups in total. The summed E-state index contributed by atoms with van der Waals surface area (Å²) in [4.78, 5) is 24.5. The molecule has 0 aliphatic carbocycles. The lowest BCUT2D eigenvalue weighted by molar-refractivity contribution is 0.0846. The third-order valence-electron chi connectivity index (χ3n) is 3.52. The molecular weight excluding hydrogens is 348 g/mol. The summed E-state index contributed by atoms with van der Waals surface area (Å²) in [6.07, 6.45) is 0. The smallest absolute Gasteiger partial charge is 0.269 e. The lowest BCUT2D eigenvalue weighted by Crippen LogP contribution is -2.41. The molecule has 0 aliphatic rings. The van der Waals surface area contributed by atoms with Crippen molar-refractivity contribution >= 4 is 11.8 Å². The molecule has 0 bridgehead atoms. The van der Waals surface area contributed by atoms with Gasteiger partial charge in [0, 0.05) is 11.1 Å². The number of rotatable bonds is 8. The predicted molar refractivity (Wildman–Crippen MR) is 101 cm³/mol. The van der Waals surface area contributed by atoms with E-state index in [1.54, 1.807) is 42.5 Å². The lowest BCUT2D eigenvalue weighted by Gasteiger charge is -2.13. The van der Waals surface area contributed by atoms with E-state index in [2.05, 4.69) is 10.9 Å². The Morgan fingerprint density at radius 2 is 1.22 bits per heavy atom. The van der Waals surface area contributed by atoms with Crippen LogP contribution in [0.1, 0.15) is 41.5 Å². The largest absolute Gasteiger partial charge is 0.494 e. The number of nitrogens with one attached hydrogen (secondary N) is 2. The normalized spacial score (nSPS) is 10.0. The molecule has 0 aliphatic heterocycles. The van der Waals surface area contributed by atoms with Gasteiger partial charge >= 0.3 is 0 Å². The van der Waals surface area contributed by atoms with Crippen LogP contribution < -0.4 is 25.1 Å². The Balaban J connectivity index is 2.00. The van der Waals surface area contributed by atoms with Crippen LogP contribution in [-0.4, -0.2) is 31.6 Å². The third-order valence-corrected chi connectivity index (χ3v) is 3.52. The van der Waals surface area contributed by atoms with E-state index in [0.717, 1.165) is 0 Å². The van der Waals surface area contributed by atoms with Gasteiger partial charge in [-0.1, -0.05) is 0 Å². The molecule has 2 rings (SSSR count). The first-order chi connectivity index (χ1) is 13.1. The minimum atomic E-state index is -0.460. The average Bonchev–Trinajstić information content (AvgIpc) is 2.68.